The summed E-state index contributed by atoms with van der Waals surface area (Å²) in [5.41, 5.74) is 0.968. The number of rotatable bonds is 7. The average Bonchev–Trinajstić information content (AvgIpc) is 2.29. The highest BCUT2D eigenvalue weighted by molar-refractivity contribution is 5.48. The summed E-state index contributed by atoms with van der Waals surface area (Å²) in [5.74, 6) is -0.202. The molecule has 18 heavy (non-hydrogen) atoms. The first kappa shape index (κ1) is 14.5. The Morgan fingerprint density at radius 1 is 1.06 bits per heavy atom. The number of unbranched alkanes of at least 4 members (excludes halogenated alkanes) is 3. The van der Waals surface area contributed by atoms with Crippen LogP contribution in [0.15, 0.2) is 24.3 Å². The van der Waals surface area contributed by atoms with Crippen molar-refractivity contribution in [1.82, 2.24) is 0 Å². The van der Waals surface area contributed by atoms with Gasteiger partial charge in [-0.05, 0) is 37.0 Å². The second kappa shape index (κ2) is 7.03. The van der Waals surface area contributed by atoms with E-state index >= 15 is 0 Å². The van der Waals surface area contributed by atoms with Crippen LogP contribution in [0.4, 0.5) is 13.2 Å². The van der Waals surface area contributed by atoms with Crippen molar-refractivity contribution in [2.45, 2.75) is 38.5 Å². The van der Waals surface area contributed by atoms with Crippen molar-refractivity contribution in [2.24, 2.45) is 0 Å². The van der Waals surface area contributed by atoms with Gasteiger partial charge in [-0.1, -0.05) is 18.6 Å². The molecule has 1 aromatic rings. The first-order chi connectivity index (χ1) is 8.51. The Hall–Kier alpha value is -1.52. The number of carbonyl (C=O) groups is 1. The van der Waals surface area contributed by atoms with E-state index in [1.165, 1.54) is 12.1 Å². The number of aryl methyl sites for hydroxylation is 1. The SMILES string of the molecule is O=CCCCCCc1ccc(OC(F)(F)F)cc1. The molecule has 0 aliphatic rings. The average molecular weight is 260 g/mol. The summed E-state index contributed by atoms with van der Waals surface area (Å²) in [5, 5.41) is 0. The highest BCUT2D eigenvalue weighted by Gasteiger charge is 2.30. The lowest BCUT2D eigenvalue weighted by Gasteiger charge is -2.09. The van der Waals surface area contributed by atoms with E-state index in [0.29, 0.717) is 6.42 Å². The monoisotopic (exact) mass is 260 g/mol. The Labute approximate surface area is 104 Å². The molecular weight excluding hydrogens is 245 g/mol. The minimum Gasteiger partial charge on any atom is -0.406 e. The van der Waals surface area contributed by atoms with Crippen LogP contribution >= 0.6 is 0 Å². The number of alkyl halides is 3. The van der Waals surface area contributed by atoms with Crippen LogP contribution in [-0.2, 0) is 11.2 Å². The summed E-state index contributed by atoms with van der Waals surface area (Å²) in [4.78, 5) is 10.1. The van der Waals surface area contributed by atoms with Gasteiger partial charge >= 0.3 is 6.36 Å². The van der Waals surface area contributed by atoms with Gasteiger partial charge in [0.1, 0.15) is 12.0 Å². The van der Waals surface area contributed by atoms with Gasteiger partial charge in [-0.25, -0.2) is 0 Å². The highest BCUT2D eigenvalue weighted by Crippen LogP contribution is 2.23. The molecule has 1 aromatic carbocycles. The van der Waals surface area contributed by atoms with Gasteiger partial charge in [0.2, 0.25) is 0 Å². The molecule has 2 nitrogen and oxygen atoms in total. The van der Waals surface area contributed by atoms with E-state index in [4.69, 9.17) is 0 Å². The largest absolute Gasteiger partial charge is 0.573 e. The third kappa shape index (κ3) is 6.27. The van der Waals surface area contributed by atoms with Gasteiger partial charge in [0.25, 0.3) is 0 Å². The van der Waals surface area contributed by atoms with Crippen molar-refractivity contribution in [3.63, 3.8) is 0 Å². The standard InChI is InChI=1S/C13H15F3O2/c14-13(15,16)18-12-8-6-11(7-9-12)5-3-1-2-4-10-17/h6-10H,1-5H2. The molecule has 0 fully saturated rings. The van der Waals surface area contributed by atoms with Gasteiger partial charge in [0.15, 0.2) is 0 Å². The van der Waals surface area contributed by atoms with Gasteiger partial charge < -0.3 is 9.53 Å². The highest BCUT2D eigenvalue weighted by atomic mass is 19.4. The summed E-state index contributed by atoms with van der Waals surface area (Å²) < 4.78 is 39.5. The van der Waals surface area contributed by atoms with Crippen molar-refractivity contribution in [2.75, 3.05) is 0 Å². The Morgan fingerprint density at radius 2 is 1.72 bits per heavy atom. The van der Waals surface area contributed by atoms with E-state index in [1.807, 2.05) is 0 Å². The fourth-order valence-corrected chi connectivity index (χ4v) is 1.59. The van der Waals surface area contributed by atoms with Crippen molar-refractivity contribution in [1.29, 1.82) is 0 Å². The van der Waals surface area contributed by atoms with E-state index < -0.39 is 6.36 Å². The molecule has 0 bridgehead atoms. The lowest BCUT2D eigenvalue weighted by atomic mass is 10.1. The van der Waals surface area contributed by atoms with Gasteiger partial charge in [-0.2, -0.15) is 0 Å². The van der Waals surface area contributed by atoms with Crippen molar-refractivity contribution in [3.8, 4) is 5.75 Å². The number of halogens is 3. The molecule has 0 heterocycles. The van der Waals surface area contributed by atoms with Gasteiger partial charge in [-0.15, -0.1) is 13.2 Å². The predicted molar refractivity (Wildman–Crippen MR) is 61.4 cm³/mol. The molecule has 0 unspecified atom stereocenters. The third-order valence-corrected chi connectivity index (χ3v) is 2.44. The molecule has 1 rings (SSSR count). The van der Waals surface area contributed by atoms with E-state index in [9.17, 15) is 18.0 Å². The molecule has 100 valence electrons. The number of benzene rings is 1. The normalized spacial score (nSPS) is 11.3. The Balaban J connectivity index is 2.34. The number of hydrogen-bond acceptors (Lipinski definition) is 2. The van der Waals surface area contributed by atoms with Crippen LogP contribution < -0.4 is 4.74 Å². The van der Waals surface area contributed by atoms with Crippen molar-refractivity contribution < 1.29 is 22.7 Å². The quantitative estimate of drug-likeness (QED) is 0.549. The molecule has 0 radical (unpaired) electrons. The Bertz CT molecular complexity index is 357. The zero-order chi connectivity index (χ0) is 13.4. The molecule has 0 saturated carbocycles. The van der Waals surface area contributed by atoms with Crippen molar-refractivity contribution in [3.05, 3.63) is 29.8 Å². The van der Waals surface area contributed by atoms with Crippen molar-refractivity contribution >= 4 is 6.29 Å². The second-order valence-electron chi connectivity index (χ2n) is 3.96. The molecule has 0 N–H and O–H groups in total. The number of aldehydes is 1. The topological polar surface area (TPSA) is 26.3 Å². The lowest BCUT2D eigenvalue weighted by molar-refractivity contribution is -0.274. The summed E-state index contributed by atoms with van der Waals surface area (Å²) in [6.07, 6.45) is 0.342. The summed E-state index contributed by atoms with van der Waals surface area (Å²) >= 11 is 0. The molecule has 0 spiro atoms. The van der Waals surface area contributed by atoms with Gasteiger partial charge in [0.05, 0.1) is 0 Å². The van der Waals surface area contributed by atoms with E-state index in [2.05, 4.69) is 4.74 Å². The third-order valence-electron chi connectivity index (χ3n) is 2.44. The molecule has 0 aliphatic carbocycles. The molecule has 0 amide bonds. The molecule has 0 saturated heterocycles. The van der Waals surface area contributed by atoms with Crippen LogP contribution in [0.1, 0.15) is 31.2 Å². The van der Waals surface area contributed by atoms with Crippen LogP contribution in [0.25, 0.3) is 0 Å². The van der Waals surface area contributed by atoms with Gasteiger partial charge in [0, 0.05) is 6.42 Å². The second-order valence-corrected chi connectivity index (χ2v) is 3.96. The Morgan fingerprint density at radius 3 is 2.28 bits per heavy atom. The zero-order valence-corrected chi connectivity index (χ0v) is 9.87. The maximum absolute atomic E-state index is 11.9. The number of carbonyl (C=O) groups excluding carboxylic acids is 1. The number of hydrogen-bond donors (Lipinski definition) is 0. The first-order valence-electron chi connectivity index (χ1n) is 5.79. The van der Waals surface area contributed by atoms with Gasteiger partial charge in [-0.3, -0.25) is 0 Å². The van der Waals surface area contributed by atoms with E-state index in [1.54, 1.807) is 12.1 Å². The van der Waals surface area contributed by atoms with E-state index in [0.717, 1.165) is 37.5 Å². The fraction of sp³-hybridized carbons (Fsp3) is 0.462. The summed E-state index contributed by atoms with van der Waals surface area (Å²) in [6, 6.07) is 5.88. The number of ether oxygens (including phenoxy) is 1. The van der Waals surface area contributed by atoms with E-state index in [-0.39, 0.29) is 5.75 Å². The lowest BCUT2D eigenvalue weighted by Crippen LogP contribution is -2.17. The summed E-state index contributed by atoms with van der Waals surface area (Å²) in [7, 11) is 0. The van der Waals surface area contributed by atoms with Crippen LogP contribution in [-0.4, -0.2) is 12.6 Å². The predicted octanol–water partition coefficient (Wildman–Crippen LogP) is 3.89. The zero-order valence-electron chi connectivity index (χ0n) is 9.87. The van der Waals surface area contributed by atoms with Crippen LogP contribution in [0.2, 0.25) is 0 Å². The minimum absolute atomic E-state index is 0.202. The Kier molecular flexibility index (Phi) is 5.68. The van der Waals surface area contributed by atoms with Crippen LogP contribution in [0.3, 0.4) is 0 Å². The summed E-state index contributed by atoms with van der Waals surface area (Å²) in [6.45, 7) is 0. The molecular formula is C13H15F3O2. The fourth-order valence-electron chi connectivity index (χ4n) is 1.59. The maximum atomic E-state index is 11.9. The molecule has 5 heteroatoms. The first-order valence-corrected chi connectivity index (χ1v) is 5.79. The molecule has 0 atom stereocenters. The van der Waals surface area contributed by atoms with Crippen LogP contribution in [0, 0.1) is 0 Å². The molecule has 0 aromatic heterocycles. The maximum Gasteiger partial charge on any atom is 0.573 e. The molecule has 0 aliphatic heterocycles. The minimum atomic E-state index is -4.64. The smallest absolute Gasteiger partial charge is 0.406 e. The van der Waals surface area contributed by atoms with Crippen LogP contribution in [0.5, 0.6) is 5.75 Å².